The van der Waals surface area contributed by atoms with E-state index in [4.69, 9.17) is 13.9 Å². The number of furan rings is 2. The van der Waals surface area contributed by atoms with Gasteiger partial charge in [0.15, 0.2) is 0 Å². The van der Waals surface area contributed by atoms with Crippen LogP contribution in [-0.4, -0.2) is 19.5 Å². The lowest BCUT2D eigenvalue weighted by atomic mass is 10.2. The summed E-state index contributed by atoms with van der Waals surface area (Å²) in [6.07, 6.45) is 1.50. The van der Waals surface area contributed by atoms with Crippen LogP contribution in [0.5, 0.6) is 0 Å². The SMILES string of the molecule is Cc1oc(C(=O)O)cc1S(=O)(=O)Nc1ccc2ccoc2c1. The van der Waals surface area contributed by atoms with Crippen LogP contribution in [0.3, 0.4) is 0 Å². The van der Waals surface area contributed by atoms with Crippen molar-refractivity contribution < 1.29 is 27.2 Å². The normalized spacial score (nSPS) is 11.7. The van der Waals surface area contributed by atoms with E-state index in [0.29, 0.717) is 11.3 Å². The number of hydrogen-bond acceptors (Lipinski definition) is 5. The van der Waals surface area contributed by atoms with Crippen LogP contribution in [0, 0.1) is 6.92 Å². The van der Waals surface area contributed by atoms with Crippen molar-refractivity contribution in [2.24, 2.45) is 0 Å². The number of anilines is 1. The first-order chi connectivity index (χ1) is 10.4. The molecule has 0 amide bonds. The Kier molecular flexibility index (Phi) is 3.18. The van der Waals surface area contributed by atoms with E-state index in [0.717, 1.165) is 11.5 Å². The van der Waals surface area contributed by atoms with Crippen LogP contribution in [0.2, 0.25) is 0 Å². The van der Waals surface area contributed by atoms with E-state index in [1.54, 1.807) is 24.3 Å². The number of carboxylic acid groups (broad SMARTS) is 1. The molecule has 0 radical (unpaired) electrons. The first-order valence-electron chi connectivity index (χ1n) is 6.20. The molecule has 1 aromatic carbocycles. The lowest BCUT2D eigenvalue weighted by molar-refractivity contribution is 0.0661. The van der Waals surface area contributed by atoms with Gasteiger partial charge < -0.3 is 13.9 Å². The van der Waals surface area contributed by atoms with Crippen molar-refractivity contribution in [3.8, 4) is 0 Å². The fraction of sp³-hybridized carbons (Fsp3) is 0.0714. The van der Waals surface area contributed by atoms with Crippen LogP contribution < -0.4 is 4.72 Å². The van der Waals surface area contributed by atoms with Crippen LogP contribution in [-0.2, 0) is 10.0 Å². The summed E-state index contributed by atoms with van der Waals surface area (Å²) in [6.45, 7) is 1.39. The number of aromatic carboxylic acids is 1. The van der Waals surface area contributed by atoms with E-state index in [1.165, 1.54) is 13.2 Å². The number of sulfonamides is 1. The molecule has 0 bridgehead atoms. The van der Waals surface area contributed by atoms with Crippen molar-refractivity contribution in [3.63, 3.8) is 0 Å². The molecular weight excluding hydrogens is 310 g/mol. The summed E-state index contributed by atoms with van der Waals surface area (Å²) in [5, 5.41) is 9.69. The van der Waals surface area contributed by atoms with Crippen LogP contribution in [0.15, 0.2) is 50.3 Å². The number of carbonyl (C=O) groups is 1. The quantitative estimate of drug-likeness (QED) is 0.764. The fourth-order valence-electron chi connectivity index (χ4n) is 2.07. The van der Waals surface area contributed by atoms with Crippen molar-refractivity contribution in [2.45, 2.75) is 11.8 Å². The molecule has 0 saturated heterocycles. The highest BCUT2D eigenvalue weighted by molar-refractivity contribution is 7.92. The number of aryl methyl sites for hydroxylation is 1. The van der Waals surface area contributed by atoms with Gasteiger partial charge in [0.25, 0.3) is 10.0 Å². The second kappa shape index (κ2) is 4.92. The largest absolute Gasteiger partial charge is 0.475 e. The van der Waals surface area contributed by atoms with Gasteiger partial charge in [0.05, 0.1) is 12.0 Å². The highest BCUT2D eigenvalue weighted by Crippen LogP contribution is 2.25. The lowest BCUT2D eigenvalue weighted by Gasteiger charge is -2.06. The Balaban J connectivity index is 1.97. The third-order valence-corrected chi connectivity index (χ3v) is 4.57. The topological polar surface area (TPSA) is 110 Å². The second-order valence-electron chi connectivity index (χ2n) is 4.61. The highest BCUT2D eigenvalue weighted by Gasteiger charge is 2.24. The molecular formula is C14H11NO6S. The molecule has 0 saturated carbocycles. The lowest BCUT2D eigenvalue weighted by Crippen LogP contribution is -2.13. The minimum atomic E-state index is -3.96. The molecule has 2 heterocycles. The van der Waals surface area contributed by atoms with Crippen molar-refractivity contribution in [1.82, 2.24) is 0 Å². The summed E-state index contributed by atoms with van der Waals surface area (Å²) in [7, 11) is -3.96. The van der Waals surface area contributed by atoms with Gasteiger partial charge in [-0.15, -0.1) is 0 Å². The van der Waals surface area contributed by atoms with Crippen LogP contribution in [0.1, 0.15) is 16.3 Å². The number of nitrogens with one attached hydrogen (secondary N) is 1. The maximum atomic E-state index is 12.3. The van der Waals surface area contributed by atoms with Crippen molar-refractivity contribution in [2.75, 3.05) is 4.72 Å². The maximum absolute atomic E-state index is 12.3. The molecule has 114 valence electrons. The van der Waals surface area contributed by atoms with E-state index >= 15 is 0 Å². The zero-order chi connectivity index (χ0) is 15.9. The molecule has 0 fully saturated rings. The summed E-state index contributed by atoms with van der Waals surface area (Å²) in [4.78, 5) is 10.6. The van der Waals surface area contributed by atoms with Crippen molar-refractivity contribution in [1.29, 1.82) is 0 Å². The maximum Gasteiger partial charge on any atom is 0.371 e. The van der Waals surface area contributed by atoms with Crippen LogP contribution >= 0.6 is 0 Å². The van der Waals surface area contributed by atoms with Crippen LogP contribution in [0.4, 0.5) is 5.69 Å². The first kappa shape index (κ1) is 14.2. The molecule has 7 nitrogen and oxygen atoms in total. The van der Waals surface area contributed by atoms with E-state index in [1.807, 2.05) is 0 Å². The molecule has 8 heteroatoms. The molecule has 2 aromatic heterocycles. The molecule has 0 spiro atoms. The van der Waals surface area contributed by atoms with Gasteiger partial charge in [-0.2, -0.15) is 0 Å². The summed E-state index contributed by atoms with van der Waals surface area (Å²) < 4.78 is 37.2. The van der Waals surface area contributed by atoms with Crippen molar-refractivity contribution in [3.05, 3.63) is 48.1 Å². The minimum Gasteiger partial charge on any atom is -0.475 e. The van der Waals surface area contributed by atoms with E-state index in [-0.39, 0.29) is 10.7 Å². The number of rotatable bonds is 4. The second-order valence-corrected chi connectivity index (χ2v) is 6.27. The zero-order valence-corrected chi connectivity index (χ0v) is 12.2. The van der Waals surface area contributed by atoms with Gasteiger partial charge in [-0.3, -0.25) is 4.72 Å². The Morgan fingerprint density at radius 2 is 2.00 bits per heavy atom. The Morgan fingerprint density at radius 3 is 2.68 bits per heavy atom. The Labute approximate surface area is 125 Å². The molecule has 22 heavy (non-hydrogen) atoms. The zero-order valence-electron chi connectivity index (χ0n) is 11.4. The number of benzene rings is 1. The van der Waals surface area contributed by atoms with E-state index in [2.05, 4.69) is 4.72 Å². The minimum absolute atomic E-state index is 0.00368. The molecule has 3 aromatic rings. The van der Waals surface area contributed by atoms with Gasteiger partial charge in [0, 0.05) is 17.5 Å². The monoisotopic (exact) mass is 321 g/mol. The van der Waals surface area contributed by atoms with E-state index in [9.17, 15) is 13.2 Å². The van der Waals surface area contributed by atoms with Crippen molar-refractivity contribution >= 4 is 32.6 Å². The molecule has 0 atom stereocenters. The Hall–Kier alpha value is -2.74. The number of fused-ring (bicyclic) bond motifs is 1. The number of hydrogen-bond donors (Lipinski definition) is 2. The first-order valence-corrected chi connectivity index (χ1v) is 7.69. The molecule has 2 N–H and O–H groups in total. The fourth-order valence-corrected chi connectivity index (χ4v) is 3.30. The number of carboxylic acids is 1. The third-order valence-electron chi connectivity index (χ3n) is 3.08. The van der Waals surface area contributed by atoms with Gasteiger partial charge in [-0.05, 0) is 25.1 Å². The third kappa shape index (κ3) is 2.44. The van der Waals surface area contributed by atoms with Gasteiger partial charge in [0.1, 0.15) is 16.2 Å². The van der Waals surface area contributed by atoms with E-state index < -0.39 is 21.8 Å². The summed E-state index contributed by atoms with van der Waals surface area (Å²) in [5.41, 5.74) is 0.843. The summed E-state index contributed by atoms with van der Waals surface area (Å²) in [6, 6.07) is 7.57. The molecule has 0 aliphatic rings. The molecule has 0 aliphatic carbocycles. The summed E-state index contributed by atoms with van der Waals surface area (Å²) >= 11 is 0. The smallest absolute Gasteiger partial charge is 0.371 e. The highest BCUT2D eigenvalue weighted by atomic mass is 32.2. The Morgan fingerprint density at radius 1 is 1.23 bits per heavy atom. The average molecular weight is 321 g/mol. The standard InChI is InChI=1S/C14H11NO6S/c1-8-13(7-12(21-8)14(16)17)22(18,19)15-10-3-2-9-4-5-20-11(9)6-10/h2-7,15H,1H3,(H,16,17). The van der Waals surface area contributed by atoms with Gasteiger partial charge >= 0.3 is 5.97 Å². The Bertz CT molecular complexity index is 966. The van der Waals surface area contributed by atoms with Gasteiger partial charge in [-0.25, -0.2) is 13.2 Å². The predicted octanol–water partition coefficient (Wildman–Crippen LogP) is 2.83. The van der Waals surface area contributed by atoms with Gasteiger partial charge in [0.2, 0.25) is 5.76 Å². The summed E-state index contributed by atoms with van der Waals surface area (Å²) in [5.74, 6) is -1.76. The molecule has 0 unspecified atom stereocenters. The van der Waals surface area contributed by atoms with Crippen LogP contribution in [0.25, 0.3) is 11.0 Å². The molecule has 3 rings (SSSR count). The molecule has 0 aliphatic heterocycles. The predicted molar refractivity (Wildman–Crippen MR) is 77.4 cm³/mol. The van der Waals surface area contributed by atoms with Gasteiger partial charge in [-0.1, -0.05) is 0 Å². The average Bonchev–Trinajstić information content (AvgIpc) is 3.04.